The van der Waals surface area contributed by atoms with Gasteiger partial charge in [-0.15, -0.1) is 0 Å². The Morgan fingerprint density at radius 2 is 1.68 bits per heavy atom. The first-order chi connectivity index (χ1) is 8.78. The van der Waals surface area contributed by atoms with Crippen LogP contribution in [0.2, 0.25) is 0 Å². The maximum Gasteiger partial charge on any atom is 0.346 e. The van der Waals surface area contributed by atoms with Gasteiger partial charge in [-0.1, -0.05) is 30.3 Å². The molecule has 0 amide bonds. The van der Waals surface area contributed by atoms with Gasteiger partial charge in [0, 0.05) is 17.4 Å². The largest absolute Gasteiger partial charge is 0.457 e. The van der Waals surface area contributed by atoms with Crippen LogP contribution in [0.4, 0.5) is 0 Å². The Bertz CT molecular complexity index is 528. The molecular formula is C14H12AlO4. The van der Waals surface area contributed by atoms with Crippen molar-refractivity contribution in [2.45, 2.75) is 6.42 Å². The fraction of sp³-hybridized carbons (Fsp3) is 0.0714. The maximum absolute atomic E-state index is 10.9. The number of benzene rings is 2. The Labute approximate surface area is 121 Å². The van der Waals surface area contributed by atoms with Crippen molar-refractivity contribution in [3.63, 3.8) is 0 Å². The third-order valence-electron chi connectivity index (χ3n) is 2.33. The second kappa shape index (κ2) is 7.60. The van der Waals surface area contributed by atoms with Gasteiger partial charge in [0.15, 0.2) is 0 Å². The summed E-state index contributed by atoms with van der Waals surface area (Å²) in [6.07, 6.45) is 0.00247. The summed E-state index contributed by atoms with van der Waals surface area (Å²) in [6.45, 7) is 0. The zero-order valence-corrected chi connectivity index (χ0v) is 11.3. The SMILES string of the molecule is O=C(Cc1cccc(Oc2ccccc2)c1)OO.[Al]. The number of rotatable bonds is 4. The molecule has 19 heavy (non-hydrogen) atoms. The van der Waals surface area contributed by atoms with Crippen molar-refractivity contribution in [1.82, 2.24) is 0 Å². The molecule has 0 aliphatic rings. The van der Waals surface area contributed by atoms with E-state index in [0.29, 0.717) is 11.3 Å². The minimum absolute atomic E-state index is 0. The lowest BCUT2D eigenvalue weighted by atomic mass is 10.1. The first-order valence-electron chi connectivity index (χ1n) is 5.44. The van der Waals surface area contributed by atoms with Crippen molar-refractivity contribution in [1.29, 1.82) is 0 Å². The average Bonchev–Trinajstić information content (AvgIpc) is 2.40. The van der Waals surface area contributed by atoms with Crippen molar-refractivity contribution >= 4 is 23.3 Å². The summed E-state index contributed by atoms with van der Waals surface area (Å²) >= 11 is 0. The number of hydrogen-bond donors (Lipinski definition) is 1. The van der Waals surface area contributed by atoms with Gasteiger partial charge in [0.25, 0.3) is 0 Å². The lowest BCUT2D eigenvalue weighted by Gasteiger charge is -2.06. The van der Waals surface area contributed by atoms with Crippen LogP contribution in [0.25, 0.3) is 0 Å². The van der Waals surface area contributed by atoms with Crippen molar-refractivity contribution in [2.75, 3.05) is 0 Å². The van der Waals surface area contributed by atoms with Crippen LogP contribution in [-0.4, -0.2) is 28.6 Å². The molecule has 5 heteroatoms. The van der Waals surface area contributed by atoms with E-state index in [-0.39, 0.29) is 23.8 Å². The molecule has 2 rings (SSSR count). The number of para-hydroxylation sites is 1. The van der Waals surface area contributed by atoms with Crippen LogP contribution in [0.15, 0.2) is 54.6 Å². The molecular weight excluding hydrogens is 259 g/mol. The highest BCUT2D eigenvalue weighted by molar-refractivity contribution is 5.75. The van der Waals surface area contributed by atoms with Crippen LogP contribution in [0.3, 0.4) is 0 Å². The standard InChI is InChI=1S/C14H12O4.Al/c15-14(18-16)10-11-5-4-8-13(9-11)17-12-6-2-1-3-7-12;/h1-9,16H,10H2;. The number of ether oxygens (including phenoxy) is 1. The highest BCUT2D eigenvalue weighted by atomic mass is 27.0. The minimum Gasteiger partial charge on any atom is -0.457 e. The molecule has 0 saturated heterocycles. The molecule has 0 bridgehead atoms. The van der Waals surface area contributed by atoms with E-state index in [4.69, 9.17) is 9.99 Å². The van der Waals surface area contributed by atoms with Crippen LogP contribution in [0.5, 0.6) is 11.5 Å². The van der Waals surface area contributed by atoms with Crippen molar-refractivity contribution in [3.8, 4) is 11.5 Å². The van der Waals surface area contributed by atoms with Gasteiger partial charge < -0.3 is 9.62 Å². The lowest BCUT2D eigenvalue weighted by Crippen LogP contribution is -2.04. The van der Waals surface area contributed by atoms with E-state index in [1.165, 1.54) is 0 Å². The number of hydrogen-bond acceptors (Lipinski definition) is 4. The van der Waals surface area contributed by atoms with Crippen LogP contribution >= 0.6 is 0 Å². The van der Waals surface area contributed by atoms with E-state index in [1.807, 2.05) is 30.3 Å². The van der Waals surface area contributed by atoms with Gasteiger partial charge in [-0.2, -0.15) is 5.26 Å². The van der Waals surface area contributed by atoms with Gasteiger partial charge in [0.2, 0.25) is 0 Å². The van der Waals surface area contributed by atoms with Crippen molar-refractivity contribution in [3.05, 3.63) is 60.2 Å². The molecule has 0 atom stereocenters. The molecule has 0 aliphatic heterocycles. The third-order valence-corrected chi connectivity index (χ3v) is 2.33. The quantitative estimate of drug-likeness (QED) is 0.527. The first-order valence-corrected chi connectivity index (χ1v) is 5.44. The molecule has 2 aromatic carbocycles. The van der Waals surface area contributed by atoms with Gasteiger partial charge in [-0.05, 0) is 29.8 Å². The van der Waals surface area contributed by atoms with Crippen LogP contribution in [0.1, 0.15) is 5.56 Å². The predicted octanol–water partition coefficient (Wildman–Crippen LogP) is 2.66. The van der Waals surface area contributed by atoms with Crippen LogP contribution < -0.4 is 4.74 Å². The van der Waals surface area contributed by atoms with Gasteiger partial charge in [0.1, 0.15) is 11.5 Å². The molecule has 0 saturated carbocycles. The van der Waals surface area contributed by atoms with Crippen LogP contribution in [-0.2, 0) is 16.1 Å². The normalized spacial score (nSPS) is 9.32. The molecule has 4 nitrogen and oxygen atoms in total. The number of carbonyl (C=O) groups excluding carboxylic acids is 1. The third kappa shape index (κ3) is 4.76. The van der Waals surface area contributed by atoms with Crippen molar-refractivity contribution < 1.29 is 19.7 Å². The van der Waals surface area contributed by atoms with E-state index in [2.05, 4.69) is 4.89 Å². The summed E-state index contributed by atoms with van der Waals surface area (Å²) < 4.78 is 5.62. The monoisotopic (exact) mass is 271 g/mol. The molecule has 0 aliphatic carbocycles. The topological polar surface area (TPSA) is 55.8 Å². The summed E-state index contributed by atoms with van der Waals surface area (Å²) in [4.78, 5) is 14.6. The van der Waals surface area contributed by atoms with Gasteiger partial charge in [-0.3, -0.25) is 0 Å². The van der Waals surface area contributed by atoms with Crippen molar-refractivity contribution in [2.24, 2.45) is 0 Å². The zero-order valence-electron chi connectivity index (χ0n) is 10.2. The Morgan fingerprint density at radius 1 is 1.00 bits per heavy atom. The summed E-state index contributed by atoms with van der Waals surface area (Å²) in [7, 11) is 0. The van der Waals surface area contributed by atoms with E-state index in [0.717, 1.165) is 5.75 Å². The molecule has 95 valence electrons. The highest BCUT2D eigenvalue weighted by Crippen LogP contribution is 2.21. The van der Waals surface area contributed by atoms with E-state index < -0.39 is 5.97 Å². The second-order valence-corrected chi connectivity index (χ2v) is 3.70. The molecule has 1 N–H and O–H groups in total. The van der Waals surface area contributed by atoms with Crippen LogP contribution in [0, 0.1) is 0 Å². The first kappa shape index (κ1) is 15.3. The Hall–Kier alpha value is -1.80. The molecule has 0 spiro atoms. The Morgan fingerprint density at radius 3 is 2.37 bits per heavy atom. The number of carbonyl (C=O) groups is 1. The zero-order chi connectivity index (χ0) is 12.8. The molecule has 2 aromatic rings. The molecule has 3 radical (unpaired) electrons. The summed E-state index contributed by atoms with van der Waals surface area (Å²) in [5, 5.41) is 8.22. The second-order valence-electron chi connectivity index (χ2n) is 3.70. The predicted molar refractivity (Wildman–Crippen MR) is 71.1 cm³/mol. The molecule has 0 fully saturated rings. The Balaban J connectivity index is 0.00000180. The average molecular weight is 271 g/mol. The maximum atomic E-state index is 10.9. The molecule has 0 heterocycles. The van der Waals surface area contributed by atoms with Gasteiger partial charge in [-0.25, -0.2) is 4.79 Å². The molecule has 0 aromatic heterocycles. The smallest absolute Gasteiger partial charge is 0.346 e. The van der Waals surface area contributed by atoms with E-state index >= 15 is 0 Å². The summed E-state index contributed by atoms with van der Waals surface area (Å²) in [5.74, 6) is 0.649. The fourth-order valence-corrected chi connectivity index (χ4v) is 1.54. The van der Waals surface area contributed by atoms with E-state index in [1.54, 1.807) is 24.3 Å². The Kier molecular flexibility index (Phi) is 6.10. The fourth-order valence-electron chi connectivity index (χ4n) is 1.54. The minimum atomic E-state index is -0.702. The summed E-state index contributed by atoms with van der Waals surface area (Å²) in [6, 6.07) is 16.4. The van der Waals surface area contributed by atoms with Gasteiger partial charge in [0.05, 0.1) is 6.42 Å². The molecule has 0 unspecified atom stereocenters. The van der Waals surface area contributed by atoms with E-state index in [9.17, 15) is 4.79 Å². The lowest BCUT2D eigenvalue weighted by molar-refractivity contribution is -0.233. The highest BCUT2D eigenvalue weighted by Gasteiger charge is 2.05. The summed E-state index contributed by atoms with van der Waals surface area (Å²) in [5.41, 5.74) is 0.711. The van der Waals surface area contributed by atoms with Gasteiger partial charge >= 0.3 is 5.97 Å².